The van der Waals surface area contributed by atoms with E-state index in [0.29, 0.717) is 5.82 Å². The Labute approximate surface area is 191 Å². The summed E-state index contributed by atoms with van der Waals surface area (Å²) in [6.45, 7) is 1.92. The van der Waals surface area contributed by atoms with Crippen LogP contribution in [0.1, 0.15) is 24.2 Å². The van der Waals surface area contributed by atoms with Crippen molar-refractivity contribution >= 4 is 23.1 Å². The number of carbonyl (C=O) groups excluding carboxylic acids is 1. The van der Waals surface area contributed by atoms with Crippen LogP contribution in [0.2, 0.25) is 0 Å². The first-order valence-corrected chi connectivity index (χ1v) is 10.7. The molecular weight excluding hydrogens is 416 g/mol. The number of benzene rings is 2. The van der Waals surface area contributed by atoms with E-state index in [4.69, 9.17) is 4.74 Å². The molecule has 0 radical (unpaired) electrons. The number of anilines is 3. The average Bonchev–Trinajstić information content (AvgIpc) is 3.55. The number of aromatic nitrogens is 4. The maximum absolute atomic E-state index is 13.1. The highest BCUT2D eigenvalue weighted by molar-refractivity contribution is 6.02. The van der Waals surface area contributed by atoms with E-state index in [2.05, 4.69) is 25.6 Å². The first-order chi connectivity index (χ1) is 16.1. The molecule has 0 bridgehead atoms. The van der Waals surface area contributed by atoms with Gasteiger partial charge in [0.2, 0.25) is 5.91 Å². The molecule has 1 saturated carbocycles. The molecule has 5 rings (SSSR count). The third-order valence-electron chi connectivity index (χ3n) is 5.95. The van der Waals surface area contributed by atoms with Gasteiger partial charge in [-0.3, -0.25) is 9.36 Å². The SMILES string of the molecule is COc1ccccc1C1(C(=O)Nc2ccc(Nc3cc(-n4ccnc4C)ncn3)cc2)CC1. The van der Waals surface area contributed by atoms with Crippen molar-refractivity contribution in [2.75, 3.05) is 17.7 Å². The Morgan fingerprint density at radius 3 is 2.48 bits per heavy atom. The zero-order valence-electron chi connectivity index (χ0n) is 18.4. The van der Waals surface area contributed by atoms with Gasteiger partial charge in [0.15, 0.2) is 0 Å². The highest BCUT2D eigenvalue weighted by Crippen LogP contribution is 2.52. The highest BCUT2D eigenvalue weighted by atomic mass is 16.5. The molecule has 1 aliphatic carbocycles. The molecule has 0 unspecified atom stereocenters. The van der Waals surface area contributed by atoms with Crippen molar-refractivity contribution < 1.29 is 9.53 Å². The van der Waals surface area contributed by atoms with Crippen molar-refractivity contribution in [3.63, 3.8) is 0 Å². The standard InChI is InChI=1S/C25H24N6O2/c1-17-26-13-14-31(17)23-15-22(27-16-28-23)29-18-7-9-19(10-8-18)30-24(32)25(11-12-25)20-5-3-4-6-21(20)33-2/h3-10,13-16H,11-12H2,1-2H3,(H,30,32)(H,27,28,29). The molecule has 2 aromatic carbocycles. The smallest absolute Gasteiger partial charge is 0.235 e. The summed E-state index contributed by atoms with van der Waals surface area (Å²) in [4.78, 5) is 26.0. The van der Waals surface area contributed by atoms with Gasteiger partial charge in [0.05, 0.1) is 12.5 Å². The number of ether oxygens (including phenoxy) is 1. The van der Waals surface area contributed by atoms with Crippen LogP contribution in [0.15, 0.2) is 73.3 Å². The number of hydrogen-bond donors (Lipinski definition) is 2. The molecule has 0 saturated heterocycles. The molecular formula is C25H24N6O2. The number of para-hydroxylation sites is 1. The van der Waals surface area contributed by atoms with Gasteiger partial charge in [-0.05, 0) is 50.1 Å². The predicted molar refractivity (Wildman–Crippen MR) is 126 cm³/mol. The first kappa shape index (κ1) is 20.7. The lowest BCUT2D eigenvalue weighted by molar-refractivity contribution is -0.118. The number of nitrogens with one attached hydrogen (secondary N) is 2. The van der Waals surface area contributed by atoms with Gasteiger partial charge in [0, 0.05) is 35.4 Å². The van der Waals surface area contributed by atoms with Crippen LogP contribution in [0, 0.1) is 6.92 Å². The van der Waals surface area contributed by atoms with E-state index < -0.39 is 5.41 Å². The lowest BCUT2D eigenvalue weighted by Gasteiger charge is -2.18. The Balaban J connectivity index is 1.28. The van der Waals surface area contributed by atoms with E-state index in [1.807, 2.05) is 72.3 Å². The molecule has 1 amide bonds. The molecule has 0 spiro atoms. The second-order valence-electron chi connectivity index (χ2n) is 8.04. The molecule has 1 aliphatic rings. The zero-order chi connectivity index (χ0) is 22.8. The van der Waals surface area contributed by atoms with Gasteiger partial charge in [-0.25, -0.2) is 15.0 Å². The minimum atomic E-state index is -0.521. The van der Waals surface area contributed by atoms with Crippen molar-refractivity contribution in [2.45, 2.75) is 25.2 Å². The molecule has 8 heteroatoms. The summed E-state index contributed by atoms with van der Waals surface area (Å²) in [6, 6.07) is 17.1. The number of rotatable bonds is 7. The van der Waals surface area contributed by atoms with E-state index in [-0.39, 0.29) is 5.91 Å². The van der Waals surface area contributed by atoms with Gasteiger partial charge in [-0.15, -0.1) is 0 Å². The maximum atomic E-state index is 13.1. The number of imidazole rings is 1. The second-order valence-corrected chi connectivity index (χ2v) is 8.04. The summed E-state index contributed by atoms with van der Waals surface area (Å²) in [5.41, 5.74) is 2.01. The summed E-state index contributed by atoms with van der Waals surface area (Å²) in [5, 5.41) is 6.34. The monoisotopic (exact) mass is 440 g/mol. The van der Waals surface area contributed by atoms with Crippen molar-refractivity contribution in [3.8, 4) is 11.6 Å². The minimum absolute atomic E-state index is 0.0103. The van der Waals surface area contributed by atoms with Crippen LogP contribution < -0.4 is 15.4 Å². The van der Waals surface area contributed by atoms with Crippen LogP contribution in [0.5, 0.6) is 5.75 Å². The van der Waals surface area contributed by atoms with Crippen LogP contribution >= 0.6 is 0 Å². The topological polar surface area (TPSA) is 94.0 Å². The van der Waals surface area contributed by atoms with Crippen LogP contribution in [0.25, 0.3) is 5.82 Å². The number of amides is 1. The largest absolute Gasteiger partial charge is 0.496 e. The number of carbonyl (C=O) groups is 1. The lowest BCUT2D eigenvalue weighted by Crippen LogP contribution is -2.28. The van der Waals surface area contributed by atoms with Crippen LogP contribution in [0.3, 0.4) is 0 Å². The van der Waals surface area contributed by atoms with Gasteiger partial charge in [0.1, 0.15) is 29.5 Å². The third-order valence-corrected chi connectivity index (χ3v) is 5.95. The Hall–Kier alpha value is -4.20. The summed E-state index contributed by atoms with van der Waals surface area (Å²) in [7, 11) is 1.63. The van der Waals surface area contributed by atoms with E-state index in [1.165, 1.54) is 6.33 Å². The Morgan fingerprint density at radius 2 is 1.79 bits per heavy atom. The van der Waals surface area contributed by atoms with Gasteiger partial charge >= 0.3 is 0 Å². The normalized spacial score (nSPS) is 13.9. The fourth-order valence-electron chi connectivity index (χ4n) is 3.99. The Morgan fingerprint density at radius 1 is 1.03 bits per heavy atom. The zero-order valence-corrected chi connectivity index (χ0v) is 18.4. The maximum Gasteiger partial charge on any atom is 0.235 e. The summed E-state index contributed by atoms with van der Waals surface area (Å²) in [5.74, 6) is 2.99. The molecule has 8 nitrogen and oxygen atoms in total. The van der Waals surface area contributed by atoms with Crippen LogP contribution in [0.4, 0.5) is 17.2 Å². The van der Waals surface area contributed by atoms with E-state index in [1.54, 1.807) is 13.3 Å². The second kappa shape index (κ2) is 8.38. The quantitative estimate of drug-likeness (QED) is 0.443. The molecule has 4 aromatic rings. The number of aryl methyl sites for hydroxylation is 1. The lowest BCUT2D eigenvalue weighted by atomic mass is 9.94. The fraction of sp³-hybridized carbons (Fsp3) is 0.200. The summed E-state index contributed by atoms with van der Waals surface area (Å²) < 4.78 is 7.37. The van der Waals surface area contributed by atoms with E-state index >= 15 is 0 Å². The molecule has 2 aromatic heterocycles. The fourth-order valence-corrected chi connectivity index (χ4v) is 3.99. The predicted octanol–water partition coefficient (Wildman–Crippen LogP) is 4.39. The van der Waals surface area contributed by atoms with Crippen LogP contribution in [-0.2, 0) is 10.2 Å². The average molecular weight is 441 g/mol. The van der Waals surface area contributed by atoms with Crippen molar-refractivity contribution in [3.05, 3.63) is 84.7 Å². The molecule has 0 aliphatic heterocycles. The number of methoxy groups -OCH3 is 1. The molecule has 33 heavy (non-hydrogen) atoms. The third kappa shape index (κ3) is 4.03. The number of nitrogens with zero attached hydrogens (tertiary/aromatic N) is 4. The summed E-state index contributed by atoms with van der Waals surface area (Å²) in [6.07, 6.45) is 6.73. The number of hydrogen-bond acceptors (Lipinski definition) is 6. The van der Waals surface area contributed by atoms with Crippen molar-refractivity contribution in [1.82, 2.24) is 19.5 Å². The van der Waals surface area contributed by atoms with Crippen molar-refractivity contribution in [1.29, 1.82) is 0 Å². The van der Waals surface area contributed by atoms with Gasteiger partial charge in [-0.2, -0.15) is 0 Å². The van der Waals surface area contributed by atoms with E-state index in [9.17, 15) is 4.79 Å². The minimum Gasteiger partial charge on any atom is -0.496 e. The molecule has 0 atom stereocenters. The molecule has 1 fully saturated rings. The van der Waals surface area contributed by atoms with Gasteiger partial charge in [0.25, 0.3) is 0 Å². The van der Waals surface area contributed by atoms with Crippen LogP contribution in [-0.4, -0.2) is 32.5 Å². The summed E-state index contributed by atoms with van der Waals surface area (Å²) >= 11 is 0. The van der Waals surface area contributed by atoms with Gasteiger partial charge < -0.3 is 15.4 Å². The Kier molecular flexibility index (Phi) is 5.26. The van der Waals surface area contributed by atoms with Gasteiger partial charge in [-0.1, -0.05) is 18.2 Å². The highest BCUT2D eigenvalue weighted by Gasteiger charge is 2.52. The molecule has 166 valence electrons. The molecule has 2 N–H and O–H groups in total. The van der Waals surface area contributed by atoms with Crippen molar-refractivity contribution in [2.24, 2.45) is 0 Å². The first-order valence-electron chi connectivity index (χ1n) is 10.7. The van der Waals surface area contributed by atoms with E-state index in [0.717, 1.165) is 47.2 Å². The molecule has 2 heterocycles. The Bertz CT molecular complexity index is 1290.